The number of benzene rings is 1. The van der Waals surface area contributed by atoms with Crippen molar-refractivity contribution in [2.75, 3.05) is 25.2 Å². The van der Waals surface area contributed by atoms with Crippen molar-refractivity contribution in [3.05, 3.63) is 33.9 Å². The lowest BCUT2D eigenvalue weighted by atomic mass is 10.0. The first-order valence-corrected chi connectivity index (χ1v) is 6.51. The van der Waals surface area contributed by atoms with Crippen LogP contribution in [0, 0.1) is 10.1 Å². The maximum atomic E-state index is 10.9. The van der Waals surface area contributed by atoms with Crippen molar-refractivity contribution in [3.8, 4) is 0 Å². The zero-order chi connectivity index (χ0) is 14.8. The first-order chi connectivity index (χ1) is 9.44. The topological polar surface area (TPSA) is 93.7 Å². The number of hydrogen-bond acceptors (Lipinski definition) is 6. The Morgan fingerprint density at radius 1 is 1.55 bits per heavy atom. The molecule has 0 atom stereocenters. The largest absolute Gasteiger partial charge is 0.378 e. The molecule has 1 saturated heterocycles. The molecule has 110 valence electrons. The van der Waals surface area contributed by atoms with Gasteiger partial charge in [-0.2, -0.15) is 0 Å². The van der Waals surface area contributed by atoms with Gasteiger partial charge in [-0.3, -0.25) is 20.9 Å². The quantitative estimate of drug-likeness (QED) is 0.493. The molecule has 1 aromatic rings. The number of hydrogen-bond donors (Lipinski definition) is 2. The molecule has 0 saturated carbocycles. The predicted octanol–water partition coefficient (Wildman–Crippen LogP) is 1.49. The van der Waals surface area contributed by atoms with E-state index in [-0.39, 0.29) is 11.2 Å². The minimum atomic E-state index is -0.395. The van der Waals surface area contributed by atoms with Gasteiger partial charge >= 0.3 is 0 Å². The number of nitrogens with two attached hydrogens (primary N) is 1. The second-order valence-electron chi connectivity index (χ2n) is 5.53. The molecule has 1 fully saturated rings. The number of ether oxygens (including phenoxy) is 1. The molecule has 3 N–H and O–H groups in total. The van der Waals surface area contributed by atoms with Gasteiger partial charge in [0.15, 0.2) is 0 Å². The van der Waals surface area contributed by atoms with E-state index in [0.29, 0.717) is 25.4 Å². The molecule has 0 amide bonds. The van der Waals surface area contributed by atoms with E-state index >= 15 is 0 Å². The minimum Gasteiger partial charge on any atom is -0.378 e. The van der Waals surface area contributed by atoms with Gasteiger partial charge in [0.05, 0.1) is 23.8 Å². The van der Waals surface area contributed by atoms with Crippen LogP contribution in [0.3, 0.4) is 0 Å². The molecule has 0 unspecified atom stereocenters. The monoisotopic (exact) mass is 280 g/mol. The summed E-state index contributed by atoms with van der Waals surface area (Å²) in [6.45, 7) is 6.90. The van der Waals surface area contributed by atoms with E-state index in [2.05, 4.69) is 24.2 Å². The van der Waals surface area contributed by atoms with Gasteiger partial charge in [-0.05, 0) is 25.5 Å². The van der Waals surface area contributed by atoms with E-state index < -0.39 is 4.92 Å². The molecule has 7 nitrogen and oxygen atoms in total. The second-order valence-corrected chi connectivity index (χ2v) is 5.53. The Morgan fingerprint density at radius 2 is 2.30 bits per heavy atom. The lowest BCUT2D eigenvalue weighted by Gasteiger charge is -2.42. The van der Waals surface area contributed by atoms with Crippen molar-refractivity contribution in [3.63, 3.8) is 0 Å². The Bertz CT molecular complexity index is 504. The summed E-state index contributed by atoms with van der Waals surface area (Å²) in [6.07, 6.45) is 0. The van der Waals surface area contributed by atoms with Gasteiger partial charge in [-0.1, -0.05) is 0 Å². The molecule has 0 spiro atoms. The fraction of sp³-hybridized carbons (Fsp3) is 0.538. The van der Waals surface area contributed by atoms with Gasteiger partial charge in [-0.25, -0.2) is 0 Å². The van der Waals surface area contributed by atoms with Gasteiger partial charge in [0.1, 0.15) is 0 Å². The maximum absolute atomic E-state index is 10.9. The highest BCUT2D eigenvalue weighted by molar-refractivity contribution is 5.55. The number of anilines is 1. The molecular formula is C13H20N4O3. The zero-order valence-electron chi connectivity index (χ0n) is 11.8. The van der Waals surface area contributed by atoms with E-state index in [0.717, 1.165) is 12.1 Å². The van der Waals surface area contributed by atoms with Crippen LogP contribution >= 0.6 is 0 Å². The Hall–Kier alpha value is -1.70. The number of nitrogens with zero attached hydrogens (tertiary/aromatic N) is 2. The van der Waals surface area contributed by atoms with Crippen LogP contribution < -0.4 is 11.3 Å². The molecule has 0 aliphatic carbocycles. The third kappa shape index (κ3) is 3.06. The van der Waals surface area contributed by atoms with Crippen LogP contribution in [0.25, 0.3) is 0 Å². The van der Waals surface area contributed by atoms with Crippen molar-refractivity contribution in [1.29, 1.82) is 0 Å². The number of nitro benzene ring substituents is 1. The smallest absolute Gasteiger partial charge is 0.269 e. The van der Waals surface area contributed by atoms with Gasteiger partial charge in [0.25, 0.3) is 5.69 Å². The normalized spacial score (nSPS) is 18.8. The lowest BCUT2D eigenvalue weighted by Crippen LogP contribution is -2.52. The summed E-state index contributed by atoms with van der Waals surface area (Å²) in [5.41, 5.74) is 4.09. The molecule has 0 aromatic heterocycles. The summed E-state index contributed by atoms with van der Waals surface area (Å²) in [5, 5.41) is 10.9. The van der Waals surface area contributed by atoms with Gasteiger partial charge < -0.3 is 10.2 Å². The fourth-order valence-electron chi connectivity index (χ4n) is 2.35. The summed E-state index contributed by atoms with van der Waals surface area (Å²) >= 11 is 0. The standard InChI is InChI=1S/C13H20N4O3/c1-13(2)9-20-6-5-16(13)8-10-7-11(17(18)19)3-4-12(10)15-14/h3-4,7,15H,5-6,8-9,14H2,1-2H3. The molecule has 0 bridgehead atoms. The number of nitrogen functional groups attached to an aromatic ring is 1. The number of morpholine rings is 1. The highest BCUT2D eigenvalue weighted by atomic mass is 16.6. The van der Waals surface area contributed by atoms with Crippen LogP contribution in [-0.2, 0) is 11.3 Å². The van der Waals surface area contributed by atoms with Crippen LogP contribution in [0.4, 0.5) is 11.4 Å². The number of hydrazine groups is 1. The minimum absolute atomic E-state index is 0.0741. The number of rotatable bonds is 4. The third-order valence-electron chi connectivity index (χ3n) is 3.63. The van der Waals surface area contributed by atoms with Crippen LogP contribution in [-0.4, -0.2) is 35.1 Å². The fourth-order valence-corrected chi connectivity index (χ4v) is 2.35. The summed E-state index contributed by atoms with van der Waals surface area (Å²) in [5.74, 6) is 5.49. The van der Waals surface area contributed by atoms with E-state index in [4.69, 9.17) is 10.6 Å². The van der Waals surface area contributed by atoms with Crippen molar-refractivity contribution < 1.29 is 9.66 Å². The second kappa shape index (κ2) is 5.74. The molecule has 2 rings (SSSR count). The zero-order valence-corrected chi connectivity index (χ0v) is 11.8. The van der Waals surface area contributed by atoms with Gasteiger partial charge in [0, 0.05) is 30.8 Å². The third-order valence-corrected chi connectivity index (χ3v) is 3.63. The van der Waals surface area contributed by atoms with Crippen LogP contribution in [0.1, 0.15) is 19.4 Å². The maximum Gasteiger partial charge on any atom is 0.269 e. The first kappa shape index (κ1) is 14.7. The molecular weight excluding hydrogens is 260 g/mol. The summed E-state index contributed by atoms with van der Waals surface area (Å²) in [4.78, 5) is 12.7. The molecule has 1 aliphatic heterocycles. The molecule has 7 heteroatoms. The van der Waals surface area contributed by atoms with E-state index in [1.807, 2.05) is 0 Å². The van der Waals surface area contributed by atoms with Crippen molar-refractivity contribution in [2.24, 2.45) is 5.84 Å². The average Bonchev–Trinajstić information content (AvgIpc) is 2.41. The predicted molar refractivity (Wildman–Crippen MR) is 76.2 cm³/mol. The molecule has 20 heavy (non-hydrogen) atoms. The van der Waals surface area contributed by atoms with E-state index in [1.54, 1.807) is 12.1 Å². The summed E-state index contributed by atoms with van der Waals surface area (Å²) < 4.78 is 5.48. The molecule has 1 aromatic carbocycles. The number of nitrogens with one attached hydrogen (secondary N) is 1. The Balaban J connectivity index is 2.26. The Labute approximate surface area is 117 Å². The van der Waals surface area contributed by atoms with E-state index in [1.165, 1.54) is 6.07 Å². The van der Waals surface area contributed by atoms with Gasteiger partial charge in [0.2, 0.25) is 0 Å². The van der Waals surface area contributed by atoms with Crippen LogP contribution in [0.15, 0.2) is 18.2 Å². The number of non-ortho nitro benzene ring substituents is 1. The molecule has 0 radical (unpaired) electrons. The highest BCUT2D eigenvalue weighted by Crippen LogP contribution is 2.27. The highest BCUT2D eigenvalue weighted by Gasteiger charge is 2.31. The van der Waals surface area contributed by atoms with Crippen LogP contribution in [0.5, 0.6) is 0 Å². The number of nitro groups is 1. The Kier molecular flexibility index (Phi) is 4.22. The Morgan fingerprint density at radius 3 is 2.90 bits per heavy atom. The van der Waals surface area contributed by atoms with Crippen molar-refractivity contribution in [2.45, 2.75) is 25.9 Å². The first-order valence-electron chi connectivity index (χ1n) is 6.51. The summed E-state index contributed by atoms with van der Waals surface area (Å²) in [7, 11) is 0. The SMILES string of the molecule is CC1(C)COCCN1Cc1cc([N+](=O)[O-])ccc1NN. The van der Waals surface area contributed by atoms with E-state index in [9.17, 15) is 10.1 Å². The molecule has 1 aliphatic rings. The van der Waals surface area contributed by atoms with Crippen molar-refractivity contribution >= 4 is 11.4 Å². The lowest BCUT2D eigenvalue weighted by molar-refractivity contribution is -0.384. The molecule has 1 heterocycles. The summed E-state index contributed by atoms with van der Waals surface area (Å²) in [6, 6.07) is 4.66. The van der Waals surface area contributed by atoms with Crippen molar-refractivity contribution in [1.82, 2.24) is 4.90 Å². The average molecular weight is 280 g/mol. The van der Waals surface area contributed by atoms with Gasteiger partial charge in [-0.15, -0.1) is 0 Å². The van der Waals surface area contributed by atoms with Crippen LogP contribution in [0.2, 0.25) is 0 Å².